The fourth-order valence-corrected chi connectivity index (χ4v) is 5.51. The van der Waals surface area contributed by atoms with Crippen LogP contribution in [0.5, 0.6) is 0 Å². The molecule has 28 heavy (non-hydrogen) atoms. The summed E-state index contributed by atoms with van der Waals surface area (Å²) in [5.74, 6) is 0. The first kappa shape index (κ1) is 25.9. The molecule has 0 radical (unpaired) electrons. The predicted octanol–water partition coefficient (Wildman–Crippen LogP) is 3.55. The molecule has 1 atom stereocenters. The van der Waals surface area contributed by atoms with E-state index in [0.29, 0.717) is 18.4 Å². The second kappa shape index (κ2) is 12.5. The molecule has 1 aliphatic rings. The largest absolute Gasteiger partial charge is 1.00 e. The van der Waals surface area contributed by atoms with Crippen LogP contribution in [0.25, 0.3) is 6.08 Å². The molecule has 0 saturated heterocycles. The van der Waals surface area contributed by atoms with Crippen LogP contribution in [0.2, 0.25) is 0 Å². The zero-order chi connectivity index (χ0) is 19.8. The Kier molecular flexibility index (Phi) is 11.6. The molecule has 1 unspecified atom stereocenters. The first-order valence-corrected chi connectivity index (χ1v) is 12.1. The molecule has 0 N–H and O–H groups in total. The van der Waals surface area contributed by atoms with Gasteiger partial charge in [0.15, 0.2) is 0 Å². The molecule has 0 aromatic heterocycles. The van der Waals surface area contributed by atoms with Crippen molar-refractivity contribution in [1.82, 2.24) is 0 Å². The summed E-state index contributed by atoms with van der Waals surface area (Å²) in [5.41, 5.74) is 2.75. The summed E-state index contributed by atoms with van der Waals surface area (Å²) in [6.45, 7) is 4.31. The van der Waals surface area contributed by atoms with E-state index in [4.69, 9.17) is 0 Å². The number of fused-ring (bicyclic) bond motifs is 1. The van der Waals surface area contributed by atoms with Crippen molar-refractivity contribution in [1.29, 1.82) is 0 Å². The van der Waals surface area contributed by atoms with Crippen LogP contribution in [0.15, 0.2) is 29.8 Å². The predicted molar refractivity (Wildman–Crippen MR) is 113 cm³/mol. The number of benzene rings is 1. The van der Waals surface area contributed by atoms with E-state index in [9.17, 15) is 13.0 Å². The van der Waals surface area contributed by atoms with E-state index >= 15 is 0 Å². The molecule has 1 aromatic rings. The van der Waals surface area contributed by atoms with Crippen molar-refractivity contribution in [3.63, 3.8) is 0 Å². The van der Waals surface area contributed by atoms with E-state index in [2.05, 4.69) is 19.9 Å². The monoisotopic (exact) mass is 414 g/mol. The molecule has 0 heterocycles. The number of rotatable bonds is 12. The van der Waals surface area contributed by atoms with Crippen LogP contribution in [0.4, 0.5) is 0 Å². The Morgan fingerprint density at radius 2 is 1.54 bits per heavy atom. The number of hydrogen-bond donors (Lipinski definition) is 0. The van der Waals surface area contributed by atoms with Gasteiger partial charge in [0, 0.05) is 0 Å². The first-order chi connectivity index (χ1) is 12.9. The molecule has 1 aromatic carbocycles. The van der Waals surface area contributed by atoms with Crippen molar-refractivity contribution in [2.24, 2.45) is 0 Å². The van der Waals surface area contributed by atoms with Gasteiger partial charge in [0.1, 0.15) is 10.1 Å². The van der Waals surface area contributed by atoms with Crippen LogP contribution in [-0.4, -0.2) is 13.0 Å². The summed E-state index contributed by atoms with van der Waals surface area (Å²) in [6.07, 6.45) is 13.8. The van der Waals surface area contributed by atoms with Crippen molar-refractivity contribution < 1.29 is 42.5 Å². The minimum atomic E-state index is -4.45. The van der Waals surface area contributed by atoms with Crippen LogP contribution in [0.1, 0.15) is 102 Å². The quantitative estimate of drug-likeness (QED) is 0.299. The molecule has 0 amide bonds. The number of unbranched alkanes of at least 4 members (excludes halogenated alkanes) is 7. The van der Waals surface area contributed by atoms with Crippen LogP contribution in [0.3, 0.4) is 0 Å². The number of allylic oxidation sites excluding steroid dienone is 1. The zero-order valence-corrected chi connectivity index (χ0v) is 20.8. The summed E-state index contributed by atoms with van der Waals surface area (Å²) >= 11 is 0. The van der Waals surface area contributed by atoms with E-state index in [0.717, 1.165) is 43.2 Å². The molecule has 0 saturated carbocycles. The summed E-state index contributed by atoms with van der Waals surface area (Å²) in [6, 6.07) is 7.58. The van der Waals surface area contributed by atoms with Gasteiger partial charge in [-0.3, -0.25) is 0 Å². The third-order valence-electron chi connectivity index (χ3n) is 5.84. The van der Waals surface area contributed by atoms with E-state index in [1.54, 1.807) is 0 Å². The Morgan fingerprint density at radius 1 is 0.929 bits per heavy atom. The molecule has 2 rings (SSSR count). The first-order valence-electron chi connectivity index (χ1n) is 10.7. The average Bonchev–Trinajstić information content (AvgIpc) is 2.63. The van der Waals surface area contributed by atoms with Gasteiger partial charge in [-0.05, 0) is 36.8 Å². The minimum absolute atomic E-state index is 0. The number of hydrogen-bond acceptors (Lipinski definition) is 3. The maximum absolute atomic E-state index is 12.5. The smallest absolute Gasteiger partial charge is 0.747 e. The van der Waals surface area contributed by atoms with Gasteiger partial charge in [-0.1, -0.05) is 101 Å². The fraction of sp³-hybridized carbons (Fsp3) is 0.652. The molecule has 152 valence electrons. The standard InChI is InChI=1S/C23H36O3S.Na/c1-3-5-7-8-9-10-14-20-18-21-15-11-12-16-22(21)23(19-20,27(24,25)26)17-13-6-4-2;/h11-12,15-16,18H,3-10,13-14,17,19H2,1-2H3,(H,24,25,26);/q;+1/p-1. The molecule has 0 fully saturated rings. The Balaban J connectivity index is 0.00000392. The van der Waals surface area contributed by atoms with Gasteiger partial charge in [-0.15, -0.1) is 0 Å². The van der Waals surface area contributed by atoms with Gasteiger partial charge < -0.3 is 4.55 Å². The van der Waals surface area contributed by atoms with Crippen molar-refractivity contribution in [2.75, 3.05) is 0 Å². The normalized spacial score (nSPS) is 18.9. The molecule has 5 heteroatoms. The van der Waals surface area contributed by atoms with E-state index in [1.807, 2.05) is 24.3 Å². The molecular weight excluding hydrogens is 379 g/mol. The van der Waals surface area contributed by atoms with Gasteiger partial charge >= 0.3 is 29.6 Å². The van der Waals surface area contributed by atoms with Crippen molar-refractivity contribution >= 4 is 16.2 Å². The van der Waals surface area contributed by atoms with Gasteiger partial charge in [-0.2, -0.15) is 0 Å². The van der Waals surface area contributed by atoms with E-state index < -0.39 is 14.9 Å². The maximum Gasteiger partial charge on any atom is 1.00 e. The molecule has 1 aliphatic carbocycles. The summed E-state index contributed by atoms with van der Waals surface area (Å²) in [5, 5.41) is 0. The van der Waals surface area contributed by atoms with Gasteiger partial charge in [-0.25, -0.2) is 8.42 Å². The second-order valence-corrected chi connectivity index (χ2v) is 9.68. The molecule has 0 spiro atoms. The average molecular weight is 415 g/mol. The Bertz CT molecular complexity index is 727. The van der Waals surface area contributed by atoms with Crippen LogP contribution in [0, 0.1) is 0 Å². The van der Waals surface area contributed by atoms with E-state index in [-0.39, 0.29) is 29.6 Å². The van der Waals surface area contributed by atoms with Crippen LogP contribution >= 0.6 is 0 Å². The zero-order valence-electron chi connectivity index (χ0n) is 18.0. The maximum atomic E-state index is 12.5. The van der Waals surface area contributed by atoms with Gasteiger partial charge in [0.05, 0.1) is 4.75 Å². The third kappa shape index (κ3) is 6.70. The SMILES string of the molecule is CCCCCCCCC1=Cc2ccccc2C(CCCCC)(S(=O)(=O)[O-])C1.[Na+]. The van der Waals surface area contributed by atoms with Crippen LogP contribution in [-0.2, 0) is 14.9 Å². The van der Waals surface area contributed by atoms with Crippen molar-refractivity contribution in [3.05, 3.63) is 41.0 Å². The molecule has 0 bridgehead atoms. The molecule has 0 aliphatic heterocycles. The Morgan fingerprint density at radius 3 is 2.21 bits per heavy atom. The molecule has 3 nitrogen and oxygen atoms in total. The molecular formula is C23H35NaO3S. The summed E-state index contributed by atoms with van der Waals surface area (Å²) < 4.78 is 36.1. The van der Waals surface area contributed by atoms with E-state index in [1.165, 1.54) is 32.1 Å². The second-order valence-electron chi connectivity index (χ2n) is 7.99. The third-order valence-corrected chi connectivity index (χ3v) is 7.36. The summed E-state index contributed by atoms with van der Waals surface area (Å²) in [7, 11) is -4.45. The topological polar surface area (TPSA) is 57.2 Å². The Labute approximate surface area is 194 Å². The van der Waals surface area contributed by atoms with Crippen molar-refractivity contribution in [2.45, 2.75) is 95.6 Å². The van der Waals surface area contributed by atoms with Crippen molar-refractivity contribution in [3.8, 4) is 0 Å². The van der Waals surface area contributed by atoms with Gasteiger partial charge in [0.25, 0.3) is 0 Å². The minimum Gasteiger partial charge on any atom is -0.747 e. The van der Waals surface area contributed by atoms with Crippen LogP contribution < -0.4 is 29.6 Å². The summed E-state index contributed by atoms with van der Waals surface area (Å²) in [4.78, 5) is 0. The Hall–Kier alpha value is -0.130. The fourth-order valence-electron chi connectivity index (χ4n) is 4.30. The van der Waals surface area contributed by atoms with Gasteiger partial charge in [0.2, 0.25) is 0 Å².